The molecular formula is C13H9F6NO. The molecule has 1 N–H and O–H groups in total. The Hall–Kier alpha value is -1.83. The lowest BCUT2D eigenvalue weighted by Crippen LogP contribution is -2.40. The zero-order valence-corrected chi connectivity index (χ0v) is 10.3. The first kappa shape index (κ1) is 15.6. The first-order valence-corrected chi connectivity index (χ1v) is 5.76. The number of benzene rings is 1. The molecule has 1 aromatic heterocycles. The maximum absolute atomic E-state index is 12.7. The molecule has 1 atom stereocenters. The molecule has 21 heavy (non-hydrogen) atoms. The van der Waals surface area contributed by atoms with Gasteiger partial charge in [-0.05, 0) is 17.0 Å². The Labute approximate surface area is 115 Å². The SMILES string of the molecule is OC(c1cccc2cnccc12)C(C(F)(F)F)C(F)(F)F. The molecule has 0 spiro atoms. The molecule has 1 aromatic carbocycles. The minimum absolute atomic E-state index is 0.0958. The summed E-state index contributed by atoms with van der Waals surface area (Å²) in [6.45, 7) is 0. The molecule has 8 heteroatoms. The van der Waals surface area contributed by atoms with Crippen LogP contribution in [0.3, 0.4) is 0 Å². The second-order valence-electron chi connectivity index (χ2n) is 4.45. The van der Waals surface area contributed by atoms with E-state index in [2.05, 4.69) is 4.98 Å². The van der Waals surface area contributed by atoms with Gasteiger partial charge in [0.25, 0.3) is 0 Å². The molecule has 2 aromatic rings. The summed E-state index contributed by atoms with van der Waals surface area (Å²) in [4.78, 5) is 3.73. The molecule has 1 unspecified atom stereocenters. The number of aliphatic hydroxyl groups is 1. The van der Waals surface area contributed by atoms with Gasteiger partial charge >= 0.3 is 12.4 Å². The van der Waals surface area contributed by atoms with Crippen molar-refractivity contribution in [3.63, 3.8) is 0 Å². The second kappa shape index (κ2) is 5.18. The molecular weight excluding hydrogens is 300 g/mol. The van der Waals surface area contributed by atoms with E-state index in [4.69, 9.17) is 0 Å². The number of nitrogens with zero attached hydrogens (tertiary/aromatic N) is 1. The van der Waals surface area contributed by atoms with Gasteiger partial charge in [0.1, 0.15) is 0 Å². The lowest BCUT2D eigenvalue weighted by molar-refractivity contribution is -0.307. The zero-order chi connectivity index (χ0) is 15.8. The van der Waals surface area contributed by atoms with Crippen molar-refractivity contribution >= 4 is 10.8 Å². The summed E-state index contributed by atoms with van der Waals surface area (Å²) in [5.74, 6) is -3.84. The van der Waals surface area contributed by atoms with Gasteiger partial charge in [0.05, 0.1) is 6.10 Å². The van der Waals surface area contributed by atoms with E-state index in [-0.39, 0.29) is 5.39 Å². The maximum atomic E-state index is 12.7. The van der Waals surface area contributed by atoms with Crippen LogP contribution in [0, 0.1) is 5.92 Å². The highest BCUT2D eigenvalue weighted by atomic mass is 19.4. The first-order chi connectivity index (χ1) is 9.62. The number of aromatic nitrogens is 1. The minimum Gasteiger partial charge on any atom is -0.387 e. The van der Waals surface area contributed by atoms with E-state index in [1.54, 1.807) is 0 Å². The van der Waals surface area contributed by atoms with Gasteiger partial charge in [-0.1, -0.05) is 18.2 Å². The van der Waals surface area contributed by atoms with E-state index in [9.17, 15) is 31.4 Å². The Morgan fingerprint density at radius 3 is 2.14 bits per heavy atom. The third-order valence-corrected chi connectivity index (χ3v) is 3.05. The summed E-state index contributed by atoms with van der Waals surface area (Å²) < 4.78 is 76.0. The Morgan fingerprint density at radius 1 is 0.952 bits per heavy atom. The number of hydrogen-bond donors (Lipinski definition) is 1. The van der Waals surface area contributed by atoms with Crippen molar-refractivity contribution in [1.82, 2.24) is 4.98 Å². The number of halogens is 6. The van der Waals surface area contributed by atoms with Crippen LogP contribution in [0.1, 0.15) is 11.7 Å². The number of aliphatic hydroxyl groups excluding tert-OH is 1. The van der Waals surface area contributed by atoms with Gasteiger partial charge in [0.15, 0.2) is 5.92 Å². The van der Waals surface area contributed by atoms with E-state index in [0.717, 1.165) is 6.07 Å². The van der Waals surface area contributed by atoms with Crippen molar-refractivity contribution in [2.75, 3.05) is 0 Å². The predicted octanol–water partition coefficient (Wildman–Crippen LogP) is 4.01. The normalized spacial score (nSPS) is 14.7. The third-order valence-electron chi connectivity index (χ3n) is 3.05. The molecule has 0 saturated heterocycles. The van der Waals surface area contributed by atoms with Crippen molar-refractivity contribution in [2.45, 2.75) is 18.5 Å². The van der Waals surface area contributed by atoms with Crippen LogP contribution in [0.2, 0.25) is 0 Å². The van der Waals surface area contributed by atoms with E-state index >= 15 is 0 Å². The maximum Gasteiger partial charge on any atom is 0.403 e. The molecule has 2 rings (SSSR count). The Balaban J connectivity index is 2.57. The van der Waals surface area contributed by atoms with E-state index in [0.29, 0.717) is 5.39 Å². The number of alkyl halides is 6. The van der Waals surface area contributed by atoms with Gasteiger partial charge in [-0.25, -0.2) is 0 Å². The summed E-state index contributed by atoms with van der Waals surface area (Å²) in [7, 11) is 0. The highest BCUT2D eigenvalue weighted by molar-refractivity contribution is 5.85. The molecule has 0 bridgehead atoms. The van der Waals surface area contributed by atoms with Crippen LogP contribution in [0.5, 0.6) is 0 Å². The molecule has 1 heterocycles. The van der Waals surface area contributed by atoms with Crippen LogP contribution in [-0.2, 0) is 0 Å². The topological polar surface area (TPSA) is 33.1 Å². The summed E-state index contributed by atoms with van der Waals surface area (Å²) in [6, 6.07) is 5.05. The second-order valence-corrected chi connectivity index (χ2v) is 4.45. The number of fused-ring (bicyclic) bond motifs is 1. The molecule has 0 aliphatic heterocycles. The Bertz CT molecular complexity index is 617. The highest BCUT2D eigenvalue weighted by Gasteiger charge is 2.60. The molecule has 0 saturated carbocycles. The molecule has 0 aliphatic rings. The van der Waals surface area contributed by atoms with Gasteiger partial charge in [-0.15, -0.1) is 0 Å². The summed E-state index contributed by atoms with van der Waals surface area (Å²) in [5.41, 5.74) is -0.436. The monoisotopic (exact) mass is 309 g/mol. The molecule has 0 fully saturated rings. The van der Waals surface area contributed by atoms with Crippen molar-refractivity contribution in [3.8, 4) is 0 Å². The van der Waals surface area contributed by atoms with E-state index in [1.165, 1.54) is 30.6 Å². The molecule has 0 aliphatic carbocycles. The van der Waals surface area contributed by atoms with Crippen molar-refractivity contribution < 1.29 is 31.4 Å². The zero-order valence-electron chi connectivity index (χ0n) is 10.3. The smallest absolute Gasteiger partial charge is 0.387 e. The fourth-order valence-electron chi connectivity index (χ4n) is 2.13. The van der Waals surface area contributed by atoms with Crippen LogP contribution in [-0.4, -0.2) is 22.4 Å². The summed E-state index contributed by atoms with van der Waals surface area (Å²) >= 11 is 0. The lowest BCUT2D eigenvalue weighted by atomic mass is 9.91. The van der Waals surface area contributed by atoms with Gasteiger partial charge in [-0.2, -0.15) is 26.3 Å². The lowest BCUT2D eigenvalue weighted by Gasteiger charge is -2.28. The van der Waals surface area contributed by atoms with E-state index < -0.39 is 29.9 Å². The van der Waals surface area contributed by atoms with Crippen LogP contribution >= 0.6 is 0 Å². The largest absolute Gasteiger partial charge is 0.403 e. The standard InChI is InChI=1S/C13H9F6NO/c14-12(15,16)11(13(17,18)19)10(21)9-3-1-2-7-6-20-5-4-8(7)9/h1-6,10-11,21H. The number of pyridine rings is 1. The van der Waals surface area contributed by atoms with Gasteiger partial charge in [0.2, 0.25) is 0 Å². The van der Waals surface area contributed by atoms with Gasteiger partial charge in [-0.3, -0.25) is 4.98 Å². The molecule has 2 nitrogen and oxygen atoms in total. The quantitative estimate of drug-likeness (QED) is 0.850. The summed E-state index contributed by atoms with van der Waals surface area (Å²) in [5, 5.41) is 10.1. The van der Waals surface area contributed by atoms with Crippen molar-refractivity contribution in [1.29, 1.82) is 0 Å². The van der Waals surface area contributed by atoms with Crippen LogP contribution in [0.25, 0.3) is 10.8 Å². The predicted molar refractivity (Wildman–Crippen MR) is 62.3 cm³/mol. The first-order valence-electron chi connectivity index (χ1n) is 5.76. The van der Waals surface area contributed by atoms with Crippen molar-refractivity contribution in [2.24, 2.45) is 5.92 Å². The van der Waals surface area contributed by atoms with E-state index in [1.807, 2.05) is 0 Å². The molecule has 0 amide bonds. The molecule has 0 radical (unpaired) electrons. The average Bonchev–Trinajstić information content (AvgIpc) is 2.34. The Morgan fingerprint density at radius 2 is 1.57 bits per heavy atom. The average molecular weight is 309 g/mol. The van der Waals surface area contributed by atoms with Crippen LogP contribution < -0.4 is 0 Å². The van der Waals surface area contributed by atoms with Crippen LogP contribution in [0.15, 0.2) is 36.7 Å². The molecule has 114 valence electrons. The summed E-state index contributed by atoms with van der Waals surface area (Å²) in [6.07, 6.45) is -11.4. The fraction of sp³-hybridized carbons (Fsp3) is 0.308. The van der Waals surface area contributed by atoms with Crippen molar-refractivity contribution in [3.05, 3.63) is 42.2 Å². The van der Waals surface area contributed by atoms with Crippen LogP contribution in [0.4, 0.5) is 26.3 Å². The van der Waals surface area contributed by atoms with Gasteiger partial charge < -0.3 is 5.11 Å². The number of rotatable bonds is 2. The Kier molecular flexibility index (Phi) is 3.83. The highest BCUT2D eigenvalue weighted by Crippen LogP contribution is 2.47. The number of hydrogen-bond acceptors (Lipinski definition) is 2. The fourth-order valence-corrected chi connectivity index (χ4v) is 2.13. The minimum atomic E-state index is -5.60. The third kappa shape index (κ3) is 3.10. The van der Waals surface area contributed by atoms with Gasteiger partial charge in [0, 0.05) is 17.8 Å².